The van der Waals surface area contributed by atoms with E-state index in [-0.39, 0.29) is 17.5 Å². The Hall–Kier alpha value is -2.14. The molecule has 1 saturated carbocycles. The highest BCUT2D eigenvalue weighted by molar-refractivity contribution is 5.96. The van der Waals surface area contributed by atoms with Crippen LogP contribution in [0.2, 0.25) is 0 Å². The molecule has 22 heavy (non-hydrogen) atoms. The molecule has 1 aromatic carbocycles. The molecular formula is C17H21N3O2. The number of carbonyl (C=O) groups excluding carboxylic acids is 1. The van der Waals surface area contributed by atoms with E-state index in [1.54, 1.807) is 12.1 Å². The van der Waals surface area contributed by atoms with Crippen LogP contribution in [0.3, 0.4) is 0 Å². The third kappa shape index (κ3) is 2.90. The smallest absolute Gasteiger partial charge is 0.268 e. The van der Waals surface area contributed by atoms with Crippen LogP contribution in [-0.4, -0.2) is 23.5 Å². The number of pyridine rings is 1. The number of aromatic nitrogens is 1. The lowest BCUT2D eigenvalue weighted by Crippen LogP contribution is -2.45. The van der Waals surface area contributed by atoms with E-state index in [1.807, 2.05) is 18.2 Å². The summed E-state index contributed by atoms with van der Waals surface area (Å²) in [6.45, 7) is 0.583. The lowest BCUT2D eigenvalue weighted by atomic mass is 9.84. The van der Waals surface area contributed by atoms with Crippen LogP contribution in [0.4, 0.5) is 0 Å². The maximum Gasteiger partial charge on any atom is 0.268 e. The minimum absolute atomic E-state index is 0.0984. The lowest BCUT2D eigenvalue weighted by Gasteiger charge is -2.31. The van der Waals surface area contributed by atoms with Gasteiger partial charge in [0.2, 0.25) is 0 Å². The Balaban J connectivity index is 1.84. The normalized spacial score (nSPS) is 21.7. The van der Waals surface area contributed by atoms with Crippen molar-refractivity contribution in [3.8, 4) is 0 Å². The Bertz CT molecular complexity index is 738. The summed E-state index contributed by atoms with van der Waals surface area (Å²) in [5.41, 5.74) is 5.87. The Morgan fingerprint density at radius 1 is 1.27 bits per heavy atom. The van der Waals surface area contributed by atoms with Crippen LogP contribution in [-0.2, 0) is 0 Å². The average molecular weight is 299 g/mol. The van der Waals surface area contributed by atoms with Crippen molar-refractivity contribution in [2.75, 3.05) is 6.54 Å². The molecule has 0 bridgehead atoms. The molecular weight excluding hydrogens is 278 g/mol. The largest absolute Gasteiger partial charge is 0.348 e. The number of nitrogens with one attached hydrogen (secondary N) is 2. The molecule has 116 valence electrons. The number of fused-ring (bicyclic) bond motifs is 1. The third-order valence-electron chi connectivity index (χ3n) is 4.53. The van der Waals surface area contributed by atoms with Crippen LogP contribution < -0.4 is 16.6 Å². The molecule has 1 aliphatic rings. The summed E-state index contributed by atoms with van der Waals surface area (Å²) in [7, 11) is 0. The number of amides is 1. The molecule has 0 aliphatic heterocycles. The maximum absolute atomic E-state index is 12.4. The molecule has 2 unspecified atom stereocenters. The number of aromatic amines is 1. The SMILES string of the molecule is NCC1CCCCC1NC(=O)c1cc2ccccc2c(=O)[nH]1. The zero-order valence-corrected chi connectivity index (χ0v) is 12.5. The van der Waals surface area contributed by atoms with Crippen molar-refractivity contribution in [3.05, 3.63) is 46.4 Å². The van der Waals surface area contributed by atoms with Crippen molar-refractivity contribution in [1.82, 2.24) is 10.3 Å². The second-order valence-electron chi connectivity index (χ2n) is 5.96. The van der Waals surface area contributed by atoms with Gasteiger partial charge in [-0.25, -0.2) is 0 Å². The topological polar surface area (TPSA) is 88.0 Å². The second-order valence-corrected chi connectivity index (χ2v) is 5.96. The van der Waals surface area contributed by atoms with Gasteiger partial charge in [0.05, 0.1) is 0 Å². The molecule has 1 aromatic heterocycles. The number of hydrogen-bond acceptors (Lipinski definition) is 3. The number of rotatable bonds is 3. The fraction of sp³-hybridized carbons (Fsp3) is 0.412. The van der Waals surface area contributed by atoms with Gasteiger partial charge in [0.1, 0.15) is 5.69 Å². The molecule has 5 heteroatoms. The van der Waals surface area contributed by atoms with Gasteiger partial charge in [0.25, 0.3) is 11.5 Å². The van der Waals surface area contributed by atoms with E-state index < -0.39 is 0 Å². The minimum Gasteiger partial charge on any atom is -0.348 e. The summed E-state index contributed by atoms with van der Waals surface area (Å²) in [5, 5.41) is 4.41. The number of H-pyrrole nitrogens is 1. The number of nitrogens with two attached hydrogens (primary N) is 1. The predicted molar refractivity (Wildman–Crippen MR) is 86.8 cm³/mol. The molecule has 1 heterocycles. The summed E-state index contributed by atoms with van der Waals surface area (Å²) >= 11 is 0. The van der Waals surface area contributed by atoms with Crippen LogP contribution in [0.25, 0.3) is 10.8 Å². The Labute approximate surface area is 128 Å². The fourth-order valence-electron chi connectivity index (χ4n) is 3.26. The van der Waals surface area contributed by atoms with Gasteiger partial charge < -0.3 is 16.0 Å². The Morgan fingerprint density at radius 2 is 2.05 bits per heavy atom. The van der Waals surface area contributed by atoms with Gasteiger partial charge in [-0.1, -0.05) is 31.0 Å². The number of benzene rings is 1. The molecule has 2 atom stereocenters. The molecule has 5 nitrogen and oxygen atoms in total. The summed E-state index contributed by atoms with van der Waals surface area (Å²) in [4.78, 5) is 27.2. The number of carbonyl (C=O) groups is 1. The monoisotopic (exact) mass is 299 g/mol. The van der Waals surface area contributed by atoms with Crippen LogP contribution in [0.5, 0.6) is 0 Å². The Kier molecular flexibility index (Phi) is 4.24. The molecule has 3 rings (SSSR count). The second kappa shape index (κ2) is 6.32. The average Bonchev–Trinajstić information content (AvgIpc) is 2.55. The van der Waals surface area contributed by atoms with E-state index in [1.165, 1.54) is 6.42 Å². The lowest BCUT2D eigenvalue weighted by molar-refractivity contribution is 0.0903. The van der Waals surface area contributed by atoms with E-state index in [2.05, 4.69) is 10.3 Å². The van der Waals surface area contributed by atoms with Gasteiger partial charge in [-0.15, -0.1) is 0 Å². The van der Waals surface area contributed by atoms with Gasteiger partial charge in [0, 0.05) is 11.4 Å². The summed E-state index contributed by atoms with van der Waals surface area (Å²) in [6.07, 6.45) is 4.28. The molecule has 1 fully saturated rings. The van der Waals surface area contributed by atoms with Gasteiger partial charge in [-0.2, -0.15) is 0 Å². The van der Waals surface area contributed by atoms with Crippen LogP contribution in [0.15, 0.2) is 35.1 Å². The van der Waals surface area contributed by atoms with Gasteiger partial charge in [-0.3, -0.25) is 9.59 Å². The van der Waals surface area contributed by atoms with E-state index in [4.69, 9.17) is 5.73 Å². The maximum atomic E-state index is 12.4. The molecule has 1 aliphatic carbocycles. The summed E-state index contributed by atoms with van der Waals surface area (Å²) < 4.78 is 0. The van der Waals surface area contributed by atoms with E-state index >= 15 is 0 Å². The van der Waals surface area contributed by atoms with Crippen molar-refractivity contribution < 1.29 is 4.79 Å². The first kappa shape index (κ1) is 14.8. The molecule has 1 amide bonds. The third-order valence-corrected chi connectivity index (χ3v) is 4.53. The van der Waals surface area contributed by atoms with Gasteiger partial charge >= 0.3 is 0 Å². The van der Waals surface area contributed by atoms with Crippen molar-refractivity contribution in [1.29, 1.82) is 0 Å². The van der Waals surface area contributed by atoms with Crippen LogP contribution >= 0.6 is 0 Å². The number of hydrogen-bond donors (Lipinski definition) is 3. The molecule has 2 aromatic rings. The highest BCUT2D eigenvalue weighted by atomic mass is 16.2. The van der Waals surface area contributed by atoms with E-state index in [0.717, 1.165) is 24.6 Å². The van der Waals surface area contributed by atoms with E-state index in [9.17, 15) is 9.59 Å². The zero-order chi connectivity index (χ0) is 15.5. The minimum atomic E-state index is -0.234. The zero-order valence-electron chi connectivity index (χ0n) is 12.5. The Morgan fingerprint density at radius 3 is 2.86 bits per heavy atom. The van der Waals surface area contributed by atoms with Crippen molar-refractivity contribution >= 4 is 16.7 Å². The van der Waals surface area contributed by atoms with Gasteiger partial charge in [0.15, 0.2) is 0 Å². The van der Waals surface area contributed by atoms with Crippen LogP contribution in [0.1, 0.15) is 36.2 Å². The van der Waals surface area contributed by atoms with Crippen molar-refractivity contribution in [2.45, 2.75) is 31.7 Å². The molecule has 0 radical (unpaired) electrons. The summed E-state index contributed by atoms with van der Waals surface area (Å²) in [6, 6.07) is 9.08. The van der Waals surface area contributed by atoms with Crippen LogP contribution in [0, 0.1) is 5.92 Å². The fourth-order valence-corrected chi connectivity index (χ4v) is 3.26. The first-order chi connectivity index (χ1) is 10.7. The molecule has 0 spiro atoms. The van der Waals surface area contributed by atoms with E-state index in [0.29, 0.717) is 23.5 Å². The highest BCUT2D eigenvalue weighted by Gasteiger charge is 2.26. The first-order valence-electron chi connectivity index (χ1n) is 7.82. The van der Waals surface area contributed by atoms with Crippen molar-refractivity contribution in [2.24, 2.45) is 11.7 Å². The molecule has 0 saturated heterocycles. The standard InChI is InChI=1S/C17H21N3O2/c18-10-12-6-2-4-8-14(12)19-17(22)15-9-11-5-1-3-7-13(11)16(21)20-15/h1,3,5,7,9,12,14H,2,4,6,8,10,18H2,(H,19,22)(H,20,21). The quantitative estimate of drug-likeness (QED) is 0.807. The summed E-state index contributed by atoms with van der Waals surface area (Å²) in [5.74, 6) is 0.0954. The molecule has 4 N–H and O–H groups in total. The van der Waals surface area contributed by atoms with Gasteiger partial charge in [-0.05, 0) is 42.8 Å². The van der Waals surface area contributed by atoms with Crippen molar-refractivity contribution in [3.63, 3.8) is 0 Å². The highest BCUT2D eigenvalue weighted by Crippen LogP contribution is 2.23. The first-order valence-corrected chi connectivity index (χ1v) is 7.82. The predicted octanol–water partition coefficient (Wildman–Crippen LogP) is 1.78.